The molecule has 1 aromatic carbocycles. The summed E-state index contributed by atoms with van der Waals surface area (Å²) < 4.78 is 7.52. The number of anilines is 2. The van der Waals surface area contributed by atoms with Gasteiger partial charge in [0.25, 0.3) is 5.19 Å². The van der Waals surface area contributed by atoms with Crippen molar-refractivity contribution in [1.82, 2.24) is 19.9 Å². The van der Waals surface area contributed by atoms with E-state index in [9.17, 15) is 0 Å². The summed E-state index contributed by atoms with van der Waals surface area (Å²) in [5.74, 6) is 0.827. The van der Waals surface area contributed by atoms with Gasteiger partial charge in [-0.2, -0.15) is 0 Å². The maximum atomic E-state index is 6.34. The van der Waals surface area contributed by atoms with Crippen molar-refractivity contribution in [3.8, 4) is 5.19 Å². The third-order valence-corrected chi connectivity index (χ3v) is 8.93. The van der Waals surface area contributed by atoms with Crippen molar-refractivity contribution in [2.75, 3.05) is 36.0 Å². The molecule has 1 fully saturated rings. The highest BCUT2D eigenvalue weighted by atomic mass is 32.1. The van der Waals surface area contributed by atoms with E-state index >= 15 is 0 Å². The lowest BCUT2D eigenvalue weighted by molar-refractivity contribution is 0.170. The van der Waals surface area contributed by atoms with E-state index in [1.54, 1.807) is 22.7 Å². The number of aromatic nitrogens is 4. The molecule has 1 saturated heterocycles. The van der Waals surface area contributed by atoms with Crippen LogP contribution in [-0.4, -0.2) is 52.2 Å². The smallest absolute Gasteiger partial charge is 0.274 e. The molecule has 37 heavy (non-hydrogen) atoms. The van der Waals surface area contributed by atoms with Crippen LogP contribution in [0.5, 0.6) is 5.19 Å². The van der Waals surface area contributed by atoms with E-state index in [2.05, 4.69) is 62.9 Å². The highest BCUT2D eigenvalue weighted by molar-refractivity contribution is 7.20. The second-order valence-electron chi connectivity index (χ2n) is 9.79. The van der Waals surface area contributed by atoms with Crippen molar-refractivity contribution in [2.24, 2.45) is 0 Å². The summed E-state index contributed by atoms with van der Waals surface area (Å²) in [6, 6.07) is 6.61. The van der Waals surface area contributed by atoms with Crippen LogP contribution in [0, 0.1) is 6.92 Å². The zero-order valence-electron chi connectivity index (χ0n) is 21.4. The molecule has 0 atom stereocenters. The molecular formula is C28H32N6OS2. The van der Waals surface area contributed by atoms with E-state index in [1.165, 1.54) is 26.3 Å². The van der Waals surface area contributed by atoms with Gasteiger partial charge < -0.3 is 14.5 Å². The molecule has 0 bridgehead atoms. The Kier molecular flexibility index (Phi) is 7.06. The van der Waals surface area contributed by atoms with Crippen LogP contribution in [-0.2, 0) is 6.42 Å². The highest BCUT2D eigenvalue weighted by Gasteiger charge is 2.23. The molecular weight excluding hydrogens is 500 g/mol. The van der Waals surface area contributed by atoms with Gasteiger partial charge >= 0.3 is 0 Å². The van der Waals surface area contributed by atoms with Gasteiger partial charge in [-0.1, -0.05) is 36.8 Å². The highest BCUT2D eigenvalue weighted by Crippen LogP contribution is 2.34. The van der Waals surface area contributed by atoms with Crippen LogP contribution in [0.1, 0.15) is 48.6 Å². The molecule has 6 rings (SSSR count). The number of ether oxygens (including phenoxy) is 1. The minimum atomic E-state index is 0.178. The van der Waals surface area contributed by atoms with Crippen LogP contribution in [0.4, 0.5) is 11.1 Å². The van der Waals surface area contributed by atoms with E-state index in [0.29, 0.717) is 0 Å². The molecule has 4 aromatic rings. The lowest BCUT2D eigenvalue weighted by Crippen LogP contribution is -2.39. The third kappa shape index (κ3) is 5.48. The Hall–Kier alpha value is -3.04. The molecule has 0 radical (unpaired) electrons. The number of hydrogen-bond donors (Lipinski definition) is 0. The van der Waals surface area contributed by atoms with Crippen molar-refractivity contribution >= 4 is 49.5 Å². The molecule has 192 valence electrons. The molecule has 7 nitrogen and oxygen atoms in total. The Morgan fingerprint density at radius 2 is 1.84 bits per heavy atom. The van der Waals surface area contributed by atoms with Crippen molar-refractivity contribution in [3.05, 3.63) is 58.9 Å². The lowest BCUT2D eigenvalue weighted by atomic mass is 9.99. The van der Waals surface area contributed by atoms with Gasteiger partial charge in [-0.25, -0.2) is 19.9 Å². The fraction of sp³-hybridized carbons (Fsp3) is 0.429. The normalized spacial score (nSPS) is 16.9. The predicted molar refractivity (Wildman–Crippen MR) is 153 cm³/mol. The SMILES string of the molecule is CCCc1cnc(N2CCC(Oc3nc4ccc(C5=CCN(c6ncc(C)s6)CC5)cc4s3)CC2)nc1. The number of aryl methyl sites for hydroxylation is 2. The molecule has 0 amide bonds. The van der Waals surface area contributed by atoms with Crippen molar-refractivity contribution < 1.29 is 4.74 Å². The molecule has 5 heterocycles. The standard InChI is InChI=1S/C28H32N6OS2/c1-3-4-20-17-29-26(30-18-20)33-13-9-23(10-14-33)35-28-32-24-6-5-22(15-25(24)37-28)21-7-11-34(12-8-21)27-31-16-19(2)36-27/h5-7,15-18,23H,3-4,8-14H2,1-2H3. The largest absolute Gasteiger partial charge is 0.467 e. The Balaban J connectivity index is 1.06. The average Bonchev–Trinajstić information content (AvgIpc) is 3.55. The van der Waals surface area contributed by atoms with Crippen molar-refractivity contribution in [2.45, 2.75) is 52.1 Å². The van der Waals surface area contributed by atoms with Gasteiger partial charge in [0, 0.05) is 62.5 Å². The number of fused-ring (bicyclic) bond motifs is 1. The Labute approximate surface area is 225 Å². The molecule has 0 unspecified atom stereocenters. The number of rotatable bonds is 7. The first kappa shape index (κ1) is 24.3. The van der Waals surface area contributed by atoms with E-state index < -0.39 is 0 Å². The quantitative estimate of drug-likeness (QED) is 0.283. The van der Waals surface area contributed by atoms with Crippen molar-refractivity contribution in [3.63, 3.8) is 0 Å². The number of benzene rings is 1. The summed E-state index contributed by atoms with van der Waals surface area (Å²) in [5.41, 5.74) is 4.91. The van der Waals surface area contributed by atoms with Crippen molar-refractivity contribution in [1.29, 1.82) is 0 Å². The molecule has 2 aliphatic rings. The lowest BCUT2D eigenvalue weighted by Gasteiger charge is -2.31. The average molecular weight is 533 g/mol. The third-order valence-electron chi connectivity index (χ3n) is 7.05. The van der Waals surface area contributed by atoms with Gasteiger partial charge in [-0.15, -0.1) is 11.3 Å². The van der Waals surface area contributed by atoms with Crippen LogP contribution in [0.3, 0.4) is 0 Å². The Morgan fingerprint density at radius 3 is 2.54 bits per heavy atom. The van der Waals surface area contributed by atoms with Crippen LogP contribution in [0.2, 0.25) is 0 Å². The number of thiazole rings is 2. The molecule has 0 N–H and O–H groups in total. The fourth-order valence-electron chi connectivity index (χ4n) is 4.99. The van der Waals surface area contributed by atoms with E-state index in [0.717, 1.165) is 80.1 Å². The van der Waals surface area contributed by atoms with Gasteiger partial charge in [0.05, 0.1) is 10.2 Å². The van der Waals surface area contributed by atoms with E-state index in [-0.39, 0.29) is 6.10 Å². The topological polar surface area (TPSA) is 67.3 Å². The molecule has 9 heteroatoms. The molecule has 0 saturated carbocycles. The Morgan fingerprint density at radius 1 is 1.00 bits per heavy atom. The summed E-state index contributed by atoms with van der Waals surface area (Å²) in [6.45, 7) is 8.00. The summed E-state index contributed by atoms with van der Waals surface area (Å²) in [7, 11) is 0. The van der Waals surface area contributed by atoms with Gasteiger partial charge in [0.15, 0.2) is 5.13 Å². The zero-order chi connectivity index (χ0) is 25.2. The summed E-state index contributed by atoms with van der Waals surface area (Å²) in [5, 5.41) is 1.89. The maximum Gasteiger partial charge on any atom is 0.274 e. The molecule has 2 aliphatic heterocycles. The first-order valence-electron chi connectivity index (χ1n) is 13.1. The van der Waals surface area contributed by atoms with Crippen LogP contribution >= 0.6 is 22.7 Å². The van der Waals surface area contributed by atoms with E-state index in [4.69, 9.17) is 9.72 Å². The molecule has 0 aliphatic carbocycles. The van der Waals surface area contributed by atoms with Gasteiger partial charge in [-0.3, -0.25) is 0 Å². The number of hydrogen-bond acceptors (Lipinski definition) is 9. The second-order valence-corrected chi connectivity index (χ2v) is 12.0. The summed E-state index contributed by atoms with van der Waals surface area (Å²) in [6.07, 6.45) is 13.5. The zero-order valence-corrected chi connectivity index (χ0v) is 23.0. The van der Waals surface area contributed by atoms with Gasteiger partial charge in [-0.05, 0) is 48.6 Å². The summed E-state index contributed by atoms with van der Waals surface area (Å²) >= 11 is 3.42. The van der Waals surface area contributed by atoms with Crippen LogP contribution < -0.4 is 14.5 Å². The minimum Gasteiger partial charge on any atom is -0.467 e. The van der Waals surface area contributed by atoms with Gasteiger partial charge in [0.1, 0.15) is 6.10 Å². The molecule has 3 aromatic heterocycles. The first-order chi connectivity index (χ1) is 18.1. The monoisotopic (exact) mass is 532 g/mol. The van der Waals surface area contributed by atoms with Gasteiger partial charge in [0.2, 0.25) is 5.95 Å². The Bertz CT molecular complexity index is 1390. The first-order valence-corrected chi connectivity index (χ1v) is 14.8. The molecule has 0 spiro atoms. The fourth-order valence-corrected chi connectivity index (χ4v) is 6.71. The minimum absolute atomic E-state index is 0.178. The summed E-state index contributed by atoms with van der Waals surface area (Å²) in [4.78, 5) is 24.4. The predicted octanol–water partition coefficient (Wildman–Crippen LogP) is 6.15. The maximum absolute atomic E-state index is 6.34. The van der Waals surface area contributed by atoms with Crippen LogP contribution in [0.25, 0.3) is 15.8 Å². The number of piperidine rings is 1. The second kappa shape index (κ2) is 10.8. The number of nitrogens with zero attached hydrogens (tertiary/aromatic N) is 6. The van der Waals surface area contributed by atoms with Crippen LogP contribution in [0.15, 0.2) is 42.9 Å². The van der Waals surface area contributed by atoms with E-state index in [1.807, 2.05) is 18.6 Å².